The van der Waals surface area contributed by atoms with Crippen LogP contribution in [0.1, 0.15) is 5.56 Å². The minimum Gasteiger partial charge on any atom is -0.468 e. The second-order valence-corrected chi connectivity index (χ2v) is 3.43. The van der Waals surface area contributed by atoms with Gasteiger partial charge in [-0.25, -0.2) is 0 Å². The van der Waals surface area contributed by atoms with E-state index in [-0.39, 0.29) is 19.1 Å². The molecule has 0 bridgehead atoms. The molecule has 0 amide bonds. The Morgan fingerprint density at radius 1 is 1.44 bits per heavy atom. The Balaban J connectivity index is 2.81. The maximum atomic E-state index is 11.2. The third kappa shape index (κ3) is 3.28. The second kappa shape index (κ2) is 5.76. The van der Waals surface area contributed by atoms with E-state index in [1.54, 1.807) is 4.90 Å². The summed E-state index contributed by atoms with van der Waals surface area (Å²) in [5.41, 5.74) is 1.98. The Kier molecular flexibility index (Phi) is 4.34. The van der Waals surface area contributed by atoms with Gasteiger partial charge in [-0.1, -0.05) is 17.7 Å². The summed E-state index contributed by atoms with van der Waals surface area (Å²) in [4.78, 5) is 12.8. The van der Waals surface area contributed by atoms with Crippen LogP contribution >= 0.6 is 0 Å². The number of aryl methyl sites for hydroxylation is 1. The summed E-state index contributed by atoms with van der Waals surface area (Å²) in [5, 5.41) is 8.69. The highest BCUT2D eigenvalue weighted by molar-refractivity contribution is 5.75. The number of esters is 1. The van der Waals surface area contributed by atoms with Crippen molar-refractivity contribution in [3.05, 3.63) is 29.8 Å². The molecule has 1 aromatic rings. The Morgan fingerprint density at radius 2 is 2.06 bits per heavy atom. The third-order valence-corrected chi connectivity index (χ3v) is 2.21. The molecule has 84 valence electrons. The van der Waals surface area contributed by atoms with Crippen LogP contribution < -0.4 is 4.90 Å². The Morgan fingerprint density at radius 3 is 2.56 bits per heavy atom. The molecule has 0 aliphatic heterocycles. The summed E-state index contributed by atoms with van der Waals surface area (Å²) in [5.74, 6) is -0.351. The zero-order valence-electron chi connectivity index (χ0n) is 9.43. The first-order valence-electron chi connectivity index (χ1n) is 4.92. The highest BCUT2D eigenvalue weighted by Crippen LogP contribution is 2.14. The summed E-state index contributed by atoms with van der Waals surface area (Å²) < 4.78 is 4.58. The number of anilines is 1. The van der Waals surface area contributed by atoms with Gasteiger partial charge in [-0.2, -0.15) is 5.26 Å². The van der Waals surface area contributed by atoms with Gasteiger partial charge in [-0.15, -0.1) is 0 Å². The fourth-order valence-corrected chi connectivity index (χ4v) is 1.30. The number of hydrogen-bond donors (Lipinski definition) is 0. The van der Waals surface area contributed by atoms with Crippen molar-refractivity contribution in [2.24, 2.45) is 0 Å². The molecule has 0 unspecified atom stereocenters. The van der Waals surface area contributed by atoms with E-state index in [4.69, 9.17) is 5.26 Å². The summed E-state index contributed by atoms with van der Waals surface area (Å²) in [7, 11) is 1.34. The number of carbonyl (C=O) groups is 1. The first-order chi connectivity index (χ1) is 7.67. The van der Waals surface area contributed by atoms with Crippen LogP contribution in [0.15, 0.2) is 24.3 Å². The van der Waals surface area contributed by atoms with Gasteiger partial charge in [-0.05, 0) is 19.1 Å². The zero-order valence-corrected chi connectivity index (χ0v) is 9.43. The number of hydrogen-bond acceptors (Lipinski definition) is 4. The SMILES string of the molecule is COC(=O)CN(CC#N)c1ccc(C)cc1. The van der Waals surface area contributed by atoms with Crippen molar-refractivity contribution in [2.45, 2.75) is 6.92 Å². The summed E-state index contributed by atoms with van der Waals surface area (Å²) in [6.07, 6.45) is 0. The van der Waals surface area contributed by atoms with E-state index in [1.165, 1.54) is 7.11 Å². The molecule has 0 aliphatic carbocycles. The smallest absolute Gasteiger partial charge is 0.325 e. The lowest BCUT2D eigenvalue weighted by Gasteiger charge is -2.20. The molecular formula is C12H14N2O2. The van der Waals surface area contributed by atoms with Crippen LogP contribution in [0.4, 0.5) is 5.69 Å². The molecule has 16 heavy (non-hydrogen) atoms. The molecular weight excluding hydrogens is 204 g/mol. The highest BCUT2D eigenvalue weighted by atomic mass is 16.5. The van der Waals surface area contributed by atoms with Crippen LogP contribution in [-0.2, 0) is 9.53 Å². The highest BCUT2D eigenvalue weighted by Gasteiger charge is 2.10. The Labute approximate surface area is 95.0 Å². The molecule has 0 aliphatic rings. The van der Waals surface area contributed by atoms with Gasteiger partial charge in [0.05, 0.1) is 13.2 Å². The van der Waals surface area contributed by atoms with Gasteiger partial charge in [0, 0.05) is 5.69 Å². The van der Waals surface area contributed by atoms with Crippen molar-refractivity contribution in [3.63, 3.8) is 0 Å². The van der Waals surface area contributed by atoms with Crippen molar-refractivity contribution in [3.8, 4) is 6.07 Å². The van der Waals surface area contributed by atoms with Gasteiger partial charge in [0.25, 0.3) is 0 Å². The fraction of sp³-hybridized carbons (Fsp3) is 0.333. The van der Waals surface area contributed by atoms with Crippen LogP contribution in [0, 0.1) is 18.3 Å². The predicted octanol–water partition coefficient (Wildman–Crippen LogP) is 1.50. The largest absolute Gasteiger partial charge is 0.468 e. The minimum absolute atomic E-state index is 0.0904. The first-order valence-corrected chi connectivity index (χ1v) is 4.92. The Bertz CT molecular complexity index is 392. The second-order valence-electron chi connectivity index (χ2n) is 3.43. The number of nitrogens with zero attached hydrogens (tertiary/aromatic N) is 2. The van der Waals surface area contributed by atoms with Gasteiger partial charge in [0.2, 0.25) is 0 Å². The van der Waals surface area contributed by atoms with Crippen molar-refractivity contribution in [1.82, 2.24) is 0 Å². The molecule has 4 heteroatoms. The molecule has 0 spiro atoms. The number of nitriles is 1. The van der Waals surface area contributed by atoms with Crippen molar-refractivity contribution in [2.75, 3.05) is 25.1 Å². The van der Waals surface area contributed by atoms with Crippen LogP contribution in [0.25, 0.3) is 0 Å². The van der Waals surface area contributed by atoms with Crippen molar-refractivity contribution >= 4 is 11.7 Å². The van der Waals surface area contributed by atoms with Gasteiger partial charge in [0.1, 0.15) is 13.1 Å². The van der Waals surface area contributed by atoms with E-state index in [1.807, 2.05) is 37.3 Å². The van der Waals surface area contributed by atoms with Gasteiger partial charge >= 0.3 is 5.97 Å². The van der Waals surface area contributed by atoms with E-state index < -0.39 is 0 Å². The quantitative estimate of drug-likeness (QED) is 0.567. The molecule has 4 nitrogen and oxygen atoms in total. The molecule has 0 aromatic heterocycles. The summed E-state index contributed by atoms with van der Waals surface area (Å²) >= 11 is 0. The van der Waals surface area contributed by atoms with Crippen molar-refractivity contribution in [1.29, 1.82) is 5.26 Å². The number of ether oxygens (including phenoxy) is 1. The number of carbonyl (C=O) groups excluding carboxylic acids is 1. The topological polar surface area (TPSA) is 53.3 Å². The van der Waals surface area contributed by atoms with E-state index in [2.05, 4.69) is 4.74 Å². The monoisotopic (exact) mass is 218 g/mol. The minimum atomic E-state index is -0.351. The lowest BCUT2D eigenvalue weighted by Crippen LogP contribution is -2.30. The van der Waals surface area contributed by atoms with E-state index in [0.29, 0.717) is 0 Å². The van der Waals surface area contributed by atoms with Crippen LogP contribution in [0.2, 0.25) is 0 Å². The fourth-order valence-electron chi connectivity index (χ4n) is 1.30. The van der Waals surface area contributed by atoms with Crippen LogP contribution in [0.3, 0.4) is 0 Å². The maximum absolute atomic E-state index is 11.2. The molecule has 0 saturated heterocycles. The third-order valence-electron chi connectivity index (χ3n) is 2.21. The molecule has 0 saturated carbocycles. The maximum Gasteiger partial charge on any atom is 0.325 e. The number of methoxy groups -OCH3 is 1. The van der Waals surface area contributed by atoms with E-state index >= 15 is 0 Å². The summed E-state index contributed by atoms with van der Waals surface area (Å²) in [6.45, 7) is 2.24. The van der Waals surface area contributed by atoms with E-state index in [9.17, 15) is 4.79 Å². The standard InChI is InChI=1S/C12H14N2O2/c1-10-3-5-11(6-4-10)14(8-7-13)9-12(15)16-2/h3-6H,8-9H2,1-2H3. The average Bonchev–Trinajstić information content (AvgIpc) is 2.29. The molecule has 1 aromatic carbocycles. The molecule has 0 atom stereocenters. The lowest BCUT2D eigenvalue weighted by molar-refractivity contribution is -0.138. The van der Waals surface area contributed by atoms with Crippen LogP contribution in [-0.4, -0.2) is 26.2 Å². The number of rotatable bonds is 4. The number of benzene rings is 1. The summed E-state index contributed by atoms with van der Waals surface area (Å²) in [6, 6.07) is 9.68. The molecule has 1 rings (SSSR count). The first kappa shape index (κ1) is 12.1. The normalized spacial score (nSPS) is 9.31. The lowest BCUT2D eigenvalue weighted by atomic mass is 10.2. The molecule has 0 radical (unpaired) electrons. The van der Waals surface area contributed by atoms with Gasteiger partial charge in [-0.3, -0.25) is 4.79 Å². The average molecular weight is 218 g/mol. The van der Waals surface area contributed by atoms with Crippen LogP contribution in [0.5, 0.6) is 0 Å². The molecule has 0 N–H and O–H groups in total. The van der Waals surface area contributed by atoms with Gasteiger partial charge < -0.3 is 9.64 Å². The van der Waals surface area contributed by atoms with E-state index in [0.717, 1.165) is 11.3 Å². The molecule has 0 heterocycles. The van der Waals surface area contributed by atoms with Crippen molar-refractivity contribution < 1.29 is 9.53 Å². The predicted molar refractivity (Wildman–Crippen MR) is 61.0 cm³/mol. The van der Waals surface area contributed by atoms with Gasteiger partial charge in [0.15, 0.2) is 0 Å². The Hall–Kier alpha value is -2.02. The molecule has 0 fully saturated rings. The zero-order chi connectivity index (χ0) is 12.0.